The molecule has 4 nitrogen and oxygen atoms in total. The van der Waals surface area contributed by atoms with Crippen molar-refractivity contribution in [3.63, 3.8) is 0 Å². The van der Waals surface area contributed by atoms with Crippen LogP contribution in [0, 0.1) is 17.3 Å². The van der Waals surface area contributed by atoms with Crippen molar-refractivity contribution in [2.24, 2.45) is 17.3 Å². The first-order chi connectivity index (χ1) is 13.5. The van der Waals surface area contributed by atoms with Crippen LogP contribution in [-0.4, -0.2) is 26.1 Å². The third-order valence-corrected chi connectivity index (χ3v) is 7.91. The van der Waals surface area contributed by atoms with Crippen LogP contribution in [0.1, 0.15) is 62.1 Å². The maximum absolute atomic E-state index is 11.3. The van der Waals surface area contributed by atoms with Gasteiger partial charge in [-0.05, 0) is 85.6 Å². The topological polar surface area (TPSA) is 58.3 Å². The Morgan fingerprint density at radius 3 is 2.96 bits per heavy atom. The number of aryl methyl sites for hydroxylation is 2. The number of phenolic OH excluding ortho intramolecular Hbond substituents is 1. The minimum Gasteiger partial charge on any atom is -0.508 e. The van der Waals surface area contributed by atoms with E-state index in [0.29, 0.717) is 23.5 Å². The SMILES string of the molecule is CCn1cc(/C=C2\C[C@@H]3[C@@H]4CCc5cc(O)ccc5[C@@H]4CC[C@@]3(C)[C@H]2O)cn1. The van der Waals surface area contributed by atoms with Crippen LogP contribution in [0.5, 0.6) is 5.75 Å². The maximum atomic E-state index is 11.3. The van der Waals surface area contributed by atoms with Crippen molar-refractivity contribution in [2.75, 3.05) is 0 Å². The minimum absolute atomic E-state index is 0.0256. The number of aliphatic hydroxyl groups is 1. The van der Waals surface area contributed by atoms with Gasteiger partial charge in [-0.15, -0.1) is 0 Å². The third kappa shape index (κ3) is 2.65. The number of nitrogens with zero attached hydrogens (tertiary/aromatic N) is 2. The van der Waals surface area contributed by atoms with E-state index < -0.39 is 0 Å². The standard InChI is InChI=1S/C24H30N2O2/c1-3-26-14-15(13-25-26)10-17-12-22-21-6-4-16-11-18(27)5-7-19(16)20(21)8-9-24(22,2)23(17)28/h5,7,10-11,13-14,20-23,27-28H,3-4,6,8-9,12H2,1-2H3/b17-10+/t20-,21+,22+,23-,24+/m0/s1. The average Bonchev–Trinajstić information content (AvgIpc) is 3.25. The lowest BCUT2D eigenvalue weighted by molar-refractivity contribution is -0.0158. The second-order valence-corrected chi connectivity index (χ2v) is 9.30. The van der Waals surface area contributed by atoms with E-state index in [4.69, 9.17) is 0 Å². The van der Waals surface area contributed by atoms with Crippen molar-refractivity contribution in [1.29, 1.82) is 0 Å². The van der Waals surface area contributed by atoms with Crippen LogP contribution in [-0.2, 0) is 13.0 Å². The monoisotopic (exact) mass is 378 g/mol. The molecule has 0 radical (unpaired) electrons. The Hall–Kier alpha value is -2.07. The zero-order valence-corrected chi connectivity index (χ0v) is 16.8. The van der Waals surface area contributed by atoms with Crippen molar-refractivity contribution in [3.8, 4) is 5.75 Å². The number of hydrogen-bond acceptors (Lipinski definition) is 3. The molecule has 5 atom stereocenters. The number of hydrogen-bond donors (Lipinski definition) is 2. The van der Waals surface area contributed by atoms with E-state index in [2.05, 4.69) is 37.3 Å². The van der Waals surface area contributed by atoms with Gasteiger partial charge in [-0.1, -0.05) is 19.1 Å². The first-order valence-electron chi connectivity index (χ1n) is 10.7. The lowest BCUT2D eigenvalue weighted by Crippen LogP contribution is -2.44. The van der Waals surface area contributed by atoms with Crippen LogP contribution in [0.25, 0.3) is 6.08 Å². The van der Waals surface area contributed by atoms with Crippen LogP contribution >= 0.6 is 0 Å². The molecule has 148 valence electrons. The van der Waals surface area contributed by atoms with Gasteiger partial charge >= 0.3 is 0 Å². The minimum atomic E-state index is -0.357. The Balaban J connectivity index is 1.46. The van der Waals surface area contributed by atoms with E-state index in [1.807, 2.05) is 23.0 Å². The average molecular weight is 379 g/mol. The summed E-state index contributed by atoms with van der Waals surface area (Å²) < 4.78 is 1.94. The fraction of sp³-hybridized carbons (Fsp3) is 0.542. The maximum Gasteiger partial charge on any atom is 0.115 e. The highest BCUT2D eigenvalue weighted by Crippen LogP contribution is 2.62. The Bertz CT molecular complexity index is 930. The van der Waals surface area contributed by atoms with Gasteiger partial charge in [0.2, 0.25) is 0 Å². The van der Waals surface area contributed by atoms with E-state index in [0.717, 1.165) is 44.2 Å². The smallest absolute Gasteiger partial charge is 0.115 e. The zero-order chi connectivity index (χ0) is 19.5. The summed E-state index contributed by atoms with van der Waals surface area (Å²) in [6, 6.07) is 5.94. The Kier molecular flexibility index (Phi) is 4.16. The molecule has 0 unspecified atom stereocenters. The quantitative estimate of drug-likeness (QED) is 0.808. The molecule has 0 spiro atoms. The van der Waals surface area contributed by atoms with Crippen LogP contribution < -0.4 is 0 Å². The normalized spacial score (nSPS) is 35.5. The molecular weight excluding hydrogens is 348 g/mol. The predicted molar refractivity (Wildman–Crippen MR) is 110 cm³/mol. The zero-order valence-electron chi connectivity index (χ0n) is 16.8. The summed E-state index contributed by atoms with van der Waals surface area (Å²) >= 11 is 0. The highest BCUT2D eigenvalue weighted by atomic mass is 16.3. The molecule has 2 N–H and O–H groups in total. The van der Waals surface area contributed by atoms with Crippen LogP contribution in [0.3, 0.4) is 0 Å². The van der Waals surface area contributed by atoms with Gasteiger partial charge in [0.05, 0.1) is 12.3 Å². The van der Waals surface area contributed by atoms with Crippen LogP contribution in [0.2, 0.25) is 0 Å². The van der Waals surface area contributed by atoms with Crippen LogP contribution in [0.4, 0.5) is 0 Å². The van der Waals surface area contributed by atoms with E-state index in [1.54, 1.807) is 0 Å². The van der Waals surface area contributed by atoms with Gasteiger partial charge in [-0.25, -0.2) is 0 Å². The molecule has 2 fully saturated rings. The fourth-order valence-corrected chi connectivity index (χ4v) is 6.41. The molecule has 2 saturated carbocycles. The fourth-order valence-electron chi connectivity index (χ4n) is 6.41. The Morgan fingerprint density at radius 2 is 2.18 bits per heavy atom. The lowest BCUT2D eigenvalue weighted by atomic mass is 9.55. The summed E-state index contributed by atoms with van der Waals surface area (Å²) in [6.45, 7) is 5.26. The van der Waals surface area contributed by atoms with Gasteiger partial charge in [0.25, 0.3) is 0 Å². The van der Waals surface area contributed by atoms with Crippen molar-refractivity contribution < 1.29 is 10.2 Å². The molecule has 3 aliphatic carbocycles. The number of benzene rings is 1. The summed E-state index contributed by atoms with van der Waals surface area (Å²) in [4.78, 5) is 0. The molecule has 0 saturated heterocycles. The van der Waals surface area contributed by atoms with Gasteiger partial charge in [-0.3, -0.25) is 4.68 Å². The number of fused-ring (bicyclic) bond motifs is 5. The Labute approximate surface area is 166 Å². The molecule has 0 aliphatic heterocycles. The summed E-state index contributed by atoms with van der Waals surface area (Å²) in [5.41, 5.74) is 5.01. The number of phenols is 1. The van der Waals surface area contributed by atoms with Crippen LogP contribution in [0.15, 0.2) is 36.2 Å². The second kappa shape index (κ2) is 6.48. The predicted octanol–water partition coefficient (Wildman–Crippen LogP) is 4.52. The van der Waals surface area contributed by atoms with Crippen molar-refractivity contribution >= 4 is 6.08 Å². The molecular formula is C24H30N2O2. The molecule has 1 aromatic heterocycles. The van der Waals surface area contributed by atoms with Crippen molar-refractivity contribution in [3.05, 3.63) is 52.9 Å². The van der Waals surface area contributed by atoms with E-state index >= 15 is 0 Å². The van der Waals surface area contributed by atoms with Crippen molar-refractivity contribution in [1.82, 2.24) is 9.78 Å². The molecule has 1 heterocycles. The second-order valence-electron chi connectivity index (χ2n) is 9.30. The lowest BCUT2D eigenvalue weighted by Gasteiger charge is -2.49. The number of aliphatic hydroxyl groups excluding tert-OH is 1. The van der Waals surface area contributed by atoms with E-state index in [-0.39, 0.29) is 11.5 Å². The number of aromatic hydroxyl groups is 1. The van der Waals surface area contributed by atoms with Gasteiger partial charge in [0.1, 0.15) is 5.75 Å². The molecule has 3 aliphatic rings. The Morgan fingerprint density at radius 1 is 1.32 bits per heavy atom. The van der Waals surface area contributed by atoms with Gasteiger partial charge in [-0.2, -0.15) is 5.10 Å². The molecule has 2 aromatic rings. The number of aromatic nitrogens is 2. The van der Waals surface area contributed by atoms with Gasteiger partial charge in [0.15, 0.2) is 0 Å². The van der Waals surface area contributed by atoms with Gasteiger partial charge < -0.3 is 10.2 Å². The molecule has 0 amide bonds. The first-order valence-corrected chi connectivity index (χ1v) is 10.7. The summed E-state index contributed by atoms with van der Waals surface area (Å²) in [5.74, 6) is 2.09. The van der Waals surface area contributed by atoms with E-state index in [1.165, 1.54) is 16.7 Å². The highest BCUT2D eigenvalue weighted by Gasteiger charge is 2.56. The molecule has 5 rings (SSSR count). The first kappa shape index (κ1) is 18.0. The van der Waals surface area contributed by atoms with Gasteiger partial charge in [0, 0.05) is 23.7 Å². The molecule has 1 aromatic carbocycles. The molecule has 0 bridgehead atoms. The highest BCUT2D eigenvalue weighted by molar-refractivity contribution is 5.54. The summed E-state index contributed by atoms with van der Waals surface area (Å²) in [6.07, 6.45) is 11.2. The largest absolute Gasteiger partial charge is 0.508 e. The molecule has 4 heteroatoms. The van der Waals surface area contributed by atoms with Crippen molar-refractivity contribution in [2.45, 2.75) is 64.5 Å². The summed E-state index contributed by atoms with van der Waals surface area (Å²) in [7, 11) is 0. The number of rotatable bonds is 2. The molecule has 28 heavy (non-hydrogen) atoms. The summed E-state index contributed by atoms with van der Waals surface area (Å²) in [5, 5.41) is 25.5. The third-order valence-electron chi connectivity index (χ3n) is 7.91. The van der Waals surface area contributed by atoms with E-state index in [9.17, 15) is 10.2 Å².